The van der Waals surface area contributed by atoms with Crippen LogP contribution in [0, 0.1) is 6.92 Å². The van der Waals surface area contributed by atoms with Gasteiger partial charge in [-0.3, -0.25) is 23.7 Å². The Morgan fingerprint density at radius 2 is 1.06 bits per heavy atom. The third kappa shape index (κ3) is 3.32. The summed E-state index contributed by atoms with van der Waals surface area (Å²) >= 11 is 0. The van der Waals surface area contributed by atoms with Crippen LogP contribution in [0.4, 0.5) is 0 Å². The molecule has 0 bridgehead atoms. The van der Waals surface area contributed by atoms with Gasteiger partial charge in [-0.25, -0.2) is 4.57 Å². The maximum Gasteiger partial charge on any atom is 0.266 e. The van der Waals surface area contributed by atoms with Crippen LogP contribution in [0.3, 0.4) is 0 Å². The van der Waals surface area contributed by atoms with Crippen LogP contribution in [0.1, 0.15) is 5.56 Å². The first kappa shape index (κ1) is 20.4. The number of aromatic nitrogens is 2. The standard InChI is InChI=1S/C25H18N2O6/c1-14-3-7-16(8-4-14)32-13-33-17-9-5-15(6-10-17)27-24(30)20-11-18-19(12-21(20)25(27)31)23(29)26(2)22(18)28/h3-12H,13H2,1-2H3. The quantitative estimate of drug-likeness (QED) is 0.387. The molecule has 0 aliphatic rings. The Balaban J connectivity index is 1.44. The lowest BCUT2D eigenvalue weighted by molar-refractivity contribution is 0.120. The molecule has 0 atom stereocenters. The van der Waals surface area contributed by atoms with Crippen molar-refractivity contribution in [3.05, 3.63) is 108 Å². The highest BCUT2D eigenvalue weighted by atomic mass is 16.7. The van der Waals surface area contributed by atoms with E-state index in [1.807, 2.05) is 31.2 Å². The van der Waals surface area contributed by atoms with Crippen LogP contribution in [0.2, 0.25) is 0 Å². The highest BCUT2D eigenvalue weighted by Gasteiger charge is 2.19. The molecule has 3 aromatic carbocycles. The van der Waals surface area contributed by atoms with Gasteiger partial charge < -0.3 is 9.47 Å². The molecule has 0 aliphatic heterocycles. The number of ether oxygens (including phenoxy) is 2. The van der Waals surface area contributed by atoms with Crippen molar-refractivity contribution in [2.75, 3.05) is 6.79 Å². The minimum Gasteiger partial charge on any atom is -0.458 e. The van der Waals surface area contributed by atoms with Gasteiger partial charge in [-0.15, -0.1) is 0 Å². The lowest BCUT2D eigenvalue weighted by atomic mass is 10.1. The average Bonchev–Trinajstić information content (AvgIpc) is 3.19. The number of fused-ring (bicyclic) bond motifs is 2. The average molecular weight is 442 g/mol. The van der Waals surface area contributed by atoms with Crippen LogP contribution >= 0.6 is 0 Å². The number of aryl methyl sites for hydroxylation is 1. The Hall–Kier alpha value is -4.46. The van der Waals surface area contributed by atoms with Gasteiger partial charge in [-0.1, -0.05) is 17.7 Å². The topological polar surface area (TPSA) is 96.6 Å². The molecule has 0 unspecified atom stereocenters. The highest BCUT2D eigenvalue weighted by molar-refractivity contribution is 5.98. The van der Waals surface area contributed by atoms with Gasteiger partial charge in [0.15, 0.2) is 0 Å². The van der Waals surface area contributed by atoms with Crippen LogP contribution in [-0.2, 0) is 7.05 Å². The van der Waals surface area contributed by atoms with E-state index in [9.17, 15) is 19.2 Å². The zero-order valence-electron chi connectivity index (χ0n) is 17.8. The van der Waals surface area contributed by atoms with Crippen molar-refractivity contribution in [1.82, 2.24) is 9.13 Å². The molecule has 0 radical (unpaired) electrons. The molecule has 2 heterocycles. The van der Waals surface area contributed by atoms with Crippen molar-refractivity contribution < 1.29 is 9.47 Å². The van der Waals surface area contributed by atoms with Gasteiger partial charge in [0, 0.05) is 7.05 Å². The van der Waals surface area contributed by atoms with E-state index >= 15 is 0 Å². The molecule has 8 heteroatoms. The molecule has 164 valence electrons. The summed E-state index contributed by atoms with van der Waals surface area (Å²) in [5.41, 5.74) is -0.616. The number of hydrogen-bond acceptors (Lipinski definition) is 6. The minimum atomic E-state index is -0.552. The maximum absolute atomic E-state index is 13.0. The van der Waals surface area contributed by atoms with Gasteiger partial charge in [-0.2, -0.15) is 0 Å². The van der Waals surface area contributed by atoms with Gasteiger partial charge in [0.05, 0.1) is 27.2 Å². The largest absolute Gasteiger partial charge is 0.458 e. The lowest BCUT2D eigenvalue weighted by Gasteiger charge is -2.09. The number of hydrogen-bond donors (Lipinski definition) is 0. The Morgan fingerprint density at radius 1 is 0.636 bits per heavy atom. The Kier molecular flexibility index (Phi) is 4.70. The van der Waals surface area contributed by atoms with Gasteiger partial charge in [0.25, 0.3) is 22.2 Å². The summed E-state index contributed by atoms with van der Waals surface area (Å²) in [7, 11) is 1.36. The van der Waals surface area contributed by atoms with E-state index < -0.39 is 22.2 Å². The number of rotatable bonds is 5. The third-order valence-corrected chi connectivity index (χ3v) is 5.66. The summed E-state index contributed by atoms with van der Waals surface area (Å²) in [5.74, 6) is 1.18. The minimum absolute atomic E-state index is 0.00250. The van der Waals surface area contributed by atoms with E-state index in [0.29, 0.717) is 17.2 Å². The summed E-state index contributed by atoms with van der Waals surface area (Å²) in [6.45, 7) is 1.98. The molecule has 2 aromatic heterocycles. The van der Waals surface area contributed by atoms with Crippen LogP contribution in [0.15, 0.2) is 79.8 Å². The molecule has 8 nitrogen and oxygen atoms in total. The SMILES string of the molecule is Cc1ccc(OCOc2ccc(-n3c(=O)c4cc5c(=O)n(C)c(=O)c5cc4c3=O)cc2)cc1. The van der Waals surface area contributed by atoms with Crippen LogP contribution in [-0.4, -0.2) is 15.9 Å². The van der Waals surface area contributed by atoms with Gasteiger partial charge in [0.1, 0.15) is 11.5 Å². The van der Waals surface area contributed by atoms with Crippen molar-refractivity contribution in [3.63, 3.8) is 0 Å². The first-order valence-corrected chi connectivity index (χ1v) is 10.2. The zero-order chi connectivity index (χ0) is 23.3. The number of benzene rings is 3. The molecule has 0 N–H and O–H groups in total. The first-order valence-electron chi connectivity index (χ1n) is 10.2. The van der Waals surface area contributed by atoms with E-state index in [-0.39, 0.29) is 28.3 Å². The fourth-order valence-corrected chi connectivity index (χ4v) is 3.82. The predicted octanol–water partition coefficient (Wildman–Crippen LogP) is 2.16. The van der Waals surface area contributed by atoms with Crippen LogP contribution in [0.25, 0.3) is 27.2 Å². The van der Waals surface area contributed by atoms with Crippen LogP contribution in [0.5, 0.6) is 11.5 Å². The second kappa shape index (κ2) is 7.59. The van der Waals surface area contributed by atoms with E-state index in [1.54, 1.807) is 24.3 Å². The van der Waals surface area contributed by atoms with E-state index in [1.165, 1.54) is 19.2 Å². The summed E-state index contributed by atoms with van der Waals surface area (Å²) in [6, 6.07) is 16.6. The summed E-state index contributed by atoms with van der Waals surface area (Å²) in [6.07, 6.45) is 0. The van der Waals surface area contributed by atoms with E-state index in [4.69, 9.17) is 9.47 Å². The summed E-state index contributed by atoms with van der Waals surface area (Å²) in [5, 5.41) is 0.451. The Labute approximate surface area is 186 Å². The van der Waals surface area contributed by atoms with Gasteiger partial charge >= 0.3 is 0 Å². The lowest BCUT2D eigenvalue weighted by Crippen LogP contribution is -2.23. The van der Waals surface area contributed by atoms with Crippen molar-refractivity contribution in [2.24, 2.45) is 7.05 Å². The molecule has 5 rings (SSSR count). The smallest absolute Gasteiger partial charge is 0.266 e. The fourth-order valence-electron chi connectivity index (χ4n) is 3.82. The molecular weight excluding hydrogens is 424 g/mol. The van der Waals surface area contributed by atoms with Crippen molar-refractivity contribution >= 4 is 21.5 Å². The molecule has 5 aromatic rings. The van der Waals surface area contributed by atoms with E-state index in [0.717, 1.165) is 14.7 Å². The van der Waals surface area contributed by atoms with Crippen molar-refractivity contribution in [1.29, 1.82) is 0 Å². The molecule has 0 saturated carbocycles. The Bertz CT molecular complexity index is 1640. The Morgan fingerprint density at radius 3 is 1.55 bits per heavy atom. The molecule has 33 heavy (non-hydrogen) atoms. The maximum atomic E-state index is 13.0. The highest BCUT2D eigenvalue weighted by Crippen LogP contribution is 2.18. The summed E-state index contributed by atoms with van der Waals surface area (Å²) < 4.78 is 13.1. The third-order valence-electron chi connectivity index (χ3n) is 5.66. The van der Waals surface area contributed by atoms with Crippen molar-refractivity contribution in [2.45, 2.75) is 6.92 Å². The summed E-state index contributed by atoms with van der Waals surface area (Å²) in [4.78, 5) is 50.4. The second-order valence-electron chi connectivity index (χ2n) is 7.77. The fraction of sp³-hybridized carbons (Fsp3) is 0.120. The molecule has 0 saturated heterocycles. The van der Waals surface area contributed by atoms with E-state index in [2.05, 4.69) is 0 Å². The zero-order valence-corrected chi connectivity index (χ0v) is 17.8. The normalized spacial score (nSPS) is 11.3. The number of nitrogens with zero attached hydrogens (tertiary/aromatic N) is 2. The monoisotopic (exact) mass is 442 g/mol. The van der Waals surface area contributed by atoms with Crippen LogP contribution < -0.4 is 31.7 Å². The van der Waals surface area contributed by atoms with Gasteiger partial charge in [0.2, 0.25) is 6.79 Å². The molecule has 0 amide bonds. The van der Waals surface area contributed by atoms with Gasteiger partial charge in [-0.05, 0) is 55.5 Å². The second-order valence-corrected chi connectivity index (χ2v) is 7.77. The molecular formula is C25H18N2O6. The molecule has 0 fully saturated rings. The van der Waals surface area contributed by atoms with Crippen molar-refractivity contribution in [3.8, 4) is 17.2 Å². The first-order chi connectivity index (χ1) is 15.8. The molecule has 0 spiro atoms. The predicted molar refractivity (Wildman–Crippen MR) is 125 cm³/mol. The molecule has 0 aliphatic carbocycles.